The van der Waals surface area contributed by atoms with Crippen LogP contribution in [-0.4, -0.2) is 90.8 Å². The Kier molecular flexibility index (Phi) is 10.4. The minimum Gasteiger partial charge on any atom is -0.342 e. The standard InChI is InChI=1S/C32H46ClN5O4/c1-35(16-5-6-23-11-17-36(18-12-23)30(40)24-7-3-2-4-8-24)26-13-19-37(20-14-26)31(41)25-9-10-27(33)28(22-25)38-21-15-29(39)34-32(38)42/h9-10,22-24,26H,2-8,11-21H2,1H3,(H,34,39,42). The Morgan fingerprint density at radius 2 is 1.62 bits per heavy atom. The van der Waals surface area contributed by atoms with Crippen molar-refractivity contribution in [1.29, 1.82) is 0 Å². The molecule has 0 atom stereocenters. The molecule has 10 heteroatoms. The van der Waals surface area contributed by atoms with Crippen LogP contribution < -0.4 is 10.2 Å². The molecule has 0 aromatic heterocycles. The highest BCUT2D eigenvalue weighted by Crippen LogP contribution is 2.31. The molecule has 0 spiro atoms. The SMILES string of the molecule is CN(CCCC1CCN(C(=O)C2CCCCC2)CC1)C1CCN(C(=O)c2ccc(Cl)c(N3CCC(=O)NC3=O)c2)CC1. The fourth-order valence-electron chi connectivity index (χ4n) is 7.20. The summed E-state index contributed by atoms with van der Waals surface area (Å²) in [5.74, 6) is 1.05. The number of carbonyl (C=O) groups is 4. The van der Waals surface area contributed by atoms with Crippen LogP contribution in [0.2, 0.25) is 5.02 Å². The molecule has 0 unspecified atom stereocenters. The van der Waals surface area contributed by atoms with Crippen LogP contribution in [0.25, 0.3) is 0 Å². The quantitative estimate of drug-likeness (QED) is 0.458. The van der Waals surface area contributed by atoms with Gasteiger partial charge in [-0.05, 0) is 89.1 Å². The van der Waals surface area contributed by atoms with Crippen molar-refractivity contribution in [3.8, 4) is 0 Å². The van der Waals surface area contributed by atoms with Crippen molar-refractivity contribution >= 4 is 41.0 Å². The van der Waals surface area contributed by atoms with E-state index in [-0.39, 0.29) is 30.7 Å². The summed E-state index contributed by atoms with van der Waals surface area (Å²) < 4.78 is 0. The number of urea groups is 1. The van der Waals surface area contributed by atoms with Crippen LogP contribution in [-0.2, 0) is 9.59 Å². The van der Waals surface area contributed by atoms with Crippen molar-refractivity contribution in [2.75, 3.05) is 51.2 Å². The first-order chi connectivity index (χ1) is 20.3. The highest BCUT2D eigenvalue weighted by Gasteiger charge is 2.31. The summed E-state index contributed by atoms with van der Waals surface area (Å²) >= 11 is 6.36. The number of anilines is 1. The predicted octanol–water partition coefficient (Wildman–Crippen LogP) is 4.92. The van der Waals surface area contributed by atoms with Gasteiger partial charge in [-0.2, -0.15) is 0 Å². The van der Waals surface area contributed by atoms with Gasteiger partial charge in [0.1, 0.15) is 0 Å². The van der Waals surface area contributed by atoms with E-state index in [1.54, 1.807) is 18.2 Å². The second kappa shape index (κ2) is 14.2. The van der Waals surface area contributed by atoms with E-state index in [2.05, 4.69) is 22.2 Å². The Labute approximate surface area is 254 Å². The van der Waals surface area contributed by atoms with Crippen LogP contribution in [0.1, 0.15) is 87.4 Å². The number of benzene rings is 1. The molecule has 5 rings (SSSR count). The van der Waals surface area contributed by atoms with Crippen molar-refractivity contribution in [3.63, 3.8) is 0 Å². The third-order valence-electron chi connectivity index (χ3n) is 9.92. The zero-order valence-electron chi connectivity index (χ0n) is 25.0. The van der Waals surface area contributed by atoms with Crippen LogP contribution in [0.15, 0.2) is 18.2 Å². The first kappa shape index (κ1) is 30.8. The maximum absolute atomic E-state index is 13.3. The Bertz CT molecular complexity index is 1140. The van der Waals surface area contributed by atoms with Gasteiger partial charge >= 0.3 is 6.03 Å². The number of rotatable bonds is 8. The molecular formula is C32H46ClN5O4. The molecule has 1 aromatic rings. The number of hydrogen-bond donors (Lipinski definition) is 1. The monoisotopic (exact) mass is 599 g/mol. The van der Waals surface area contributed by atoms with Gasteiger partial charge in [0, 0.05) is 56.7 Å². The summed E-state index contributed by atoms with van der Waals surface area (Å²) in [6, 6.07) is 4.95. The van der Waals surface area contributed by atoms with Gasteiger partial charge in [-0.1, -0.05) is 30.9 Å². The van der Waals surface area contributed by atoms with E-state index in [0.717, 1.165) is 58.2 Å². The second-order valence-electron chi connectivity index (χ2n) is 12.7. The van der Waals surface area contributed by atoms with E-state index in [0.29, 0.717) is 47.2 Å². The number of piperidine rings is 2. The van der Waals surface area contributed by atoms with Crippen molar-refractivity contribution in [2.24, 2.45) is 11.8 Å². The first-order valence-electron chi connectivity index (χ1n) is 16.0. The predicted molar refractivity (Wildman–Crippen MR) is 164 cm³/mol. The van der Waals surface area contributed by atoms with Gasteiger partial charge in [0.05, 0.1) is 10.7 Å². The third kappa shape index (κ3) is 7.46. The van der Waals surface area contributed by atoms with Crippen molar-refractivity contribution < 1.29 is 19.2 Å². The van der Waals surface area contributed by atoms with E-state index < -0.39 is 6.03 Å². The van der Waals surface area contributed by atoms with Crippen LogP contribution in [0.3, 0.4) is 0 Å². The van der Waals surface area contributed by atoms with Gasteiger partial charge in [-0.15, -0.1) is 0 Å². The Morgan fingerprint density at radius 1 is 0.929 bits per heavy atom. The number of imide groups is 1. The molecule has 42 heavy (non-hydrogen) atoms. The number of likely N-dealkylation sites (tertiary alicyclic amines) is 2. The summed E-state index contributed by atoms with van der Waals surface area (Å²) in [5, 5.41) is 2.68. The lowest BCUT2D eigenvalue weighted by molar-refractivity contribution is -0.138. The summed E-state index contributed by atoms with van der Waals surface area (Å²) in [5.41, 5.74) is 0.945. The van der Waals surface area contributed by atoms with Crippen LogP contribution >= 0.6 is 11.6 Å². The molecule has 0 radical (unpaired) electrons. The van der Waals surface area contributed by atoms with Crippen LogP contribution in [0.4, 0.5) is 10.5 Å². The zero-order chi connectivity index (χ0) is 29.6. The lowest BCUT2D eigenvalue weighted by Gasteiger charge is -2.37. The number of nitrogens with one attached hydrogen (secondary N) is 1. The van der Waals surface area contributed by atoms with Crippen LogP contribution in [0, 0.1) is 11.8 Å². The lowest BCUT2D eigenvalue weighted by Crippen LogP contribution is -2.49. The smallest absolute Gasteiger partial charge is 0.328 e. The average Bonchev–Trinajstić information content (AvgIpc) is 3.02. The molecule has 1 aliphatic carbocycles. The summed E-state index contributed by atoms with van der Waals surface area (Å²) in [4.78, 5) is 58.0. The molecule has 4 aliphatic rings. The van der Waals surface area contributed by atoms with Crippen molar-refractivity contribution in [2.45, 2.75) is 83.1 Å². The van der Waals surface area contributed by atoms with Gasteiger partial charge in [-0.25, -0.2) is 4.79 Å². The highest BCUT2D eigenvalue weighted by atomic mass is 35.5. The second-order valence-corrected chi connectivity index (χ2v) is 13.1. The normalized spacial score (nSPS) is 21.6. The summed E-state index contributed by atoms with van der Waals surface area (Å²) in [7, 11) is 2.20. The number of carbonyl (C=O) groups excluding carboxylic acids is 4. The van der Waals surface area contributed by atoms with Crippen molar-refractivity contribution in [1.82, 2.24) is 20.0 Å². The molecule has 9 nitrogen and oxygen atoms in total. The summed E-state index contributed by atoms with van der Waals surface area (Å²) in [6.07, 6.45) is 12.6. The third-order valence-corrected chi connectivity index (χ3v) is 10.2. The highest BCUT2D eigenvalue weighted by molar-refractivity contribution is 6.34. The number of amides is 5. The molecule has 0 bridgehead atoms. The Hall–Kier alpha value is -2.65. The van der Waals surface area contributed by atoms with E-state index in [1.165, 1.54) is 37.0 Å². The van der Waals surface area contributed by atoms with Crippen LogP contribution in [0.5, 0.6) is 0 Å². The Balaban J connectivity index is 1.02. The molecule has 3 aliphatic heterocycles. The molecule has 5 amide bonds. The molecule has 1 aromatic carbocycles. The van der Waals surface area contributed by atoms with E-state index in [4.69, 9.17) is 11.6 Å². The topological polar surface area (TPSA) is 93.3 Å². The number of hydrogen-bond acceptors (Lipinski definition) is 5. The zero-order valence-corrected chi connectivity index (χ0v) is 25.7. The summed E-state index contributed by atoms with van der Waals surface area (Å²) in [6.45, 7) is 4.54. The van der Waals surface area contributed by atoms with E-state index in [1.807, 2.05) is 4.90 Å². The van der Waals surface area contributed by atoms with E-state index in [9.17, 15) is 19.2 Å². The Morgan fingerprint density at radius 3 is 2.31 bits per heavy atom. The van der Waals surface area contributed by atoms with Crippen molar-refractivity contribution in [3.05, 3.63) is 28.8 Å². The van der Waals surface area contributed by atoms with Gasteiger partial charge in [-0.3, -0.25) is 24.6 Å². The van der Waals surface area contributed by atoms with Gasteiger partial charge in [0.15, 0.2) is 0 Å². The lowest BCUT2D eigenvalue weighted by atomic mass is 9.86. The minimum atomic E-state index is -0.517. The largest absolute Gasteiger partial charge is 0.342 e. The molecule has 1 N–H and O–H groups in total. The molecule has 4 fully saturated rings. The molecule has 1 saturated carbocycles. The fraction of sp³-hybridized carbons (Fsp3) is 0.688. The average molecular weight is 600 g/mol. The van der Waals surface area contributed by atoms with Gasteiger partial charge < -0.3 is 14.7 Å². The molecule has 3 heterocycles. The first-order valence-corrected chi connectivity index (χ1v) is 16.4. The van der Waals surface area contributed by atoms with E-state index >= 15 is 0 Å². The maximum Gasteiger partial charge on any atom is 0.328 e. The molecule has 3 saturated heterocycles. The van der Waals surface area contributed by atoms with Gasteiger partial charge in [0.2, 0.25) is 11.8 Å². The number of halogens is 1. The molecular weight excluding hydrogens is 554 g/mol. The molecule has 230 valence electrons. The fourth-order valence-corrected chi connectivity index (χ4v) is 7.42. The number of nitrogens with zero attached hydrogens (tertiary/aromatic N) is 4. The minimum absolute atomic E-state index is 0.0594. The maximum atomic E-state index is 13.3. The van der Waals surface area contributed by atoms with Gasteiger partial charge in [0.25, 0.3) is 5.91 Å².